The van der Waals surface area contributed by atoms with Crippen LogP contribution in [0.2, 0.25) is 5.02 Å². The maximum absolute atomic E-state index is 13.5. The van der Waals surface area contributed by atoms with E-state index in [9.17, 15) is 14.4 Å². The molecule has 1 saturated carbocycles. The Labute approximate surface area is 197 Å². The number of hydrogen-bond acceptors (Lipinski definition) is 5. The van der Waals surface area contributed by atoms with Crippen molar-refractivity contribution in [1.82, 2.24) is 19.8 Å². The zero-order chi connectivity index (χ0) is 23.8. The SMILES string of the molecule is CCN1C(=O)c2c(C(=O)Nc3cc(Cl)ccc3OC)ncn2CC1(C)C(=O)NC1CCCC1. The van der Waals surface area contributed by atoms with Gasteiger partial charge in [-0.3, -0.25) is 14.4 Å². The van der Waals surface area contributed by atoms with E-state index < -0.39 is 17.4 Å². The summed E-state index contributed by atoms with van der Waals surface area (Å²) in [5.41, 5.74) is -0.570. The van der Waals surface area contributed by atoms with Gasteiger partial charge in [0.05, 0.1) is 25.7 Å². The van der Waals surface area contributed by atoms with Gasteiger partial charge in [-0.05, 0) is 44.9 Å². The third kappa shape index (κ3) is 4.17. The van der Waals surface area contributed by atoms with E-state index in [0.29, 0.717) is 23.0 Å². The first-order valence-electron chi connectivity index (χ1n) is 11.1. The largest absolute Gasteiger partial charge is 0.495 e. The third-order valence-electron chi connectivity index (χ3n) is 6.48. The minimum absolute atomic E-state index is 0.0151. The quantitative estimate of drug-likeness (QED) is 0.670. The van der Waals surface area contributed by atoms with E-state index in [0.717, 1.165) is 25.7 Å². The molecule has 2 aliphatic rings. The van der Waals surface area contributed by atoms with Crippen molar-refractivity contribution in [1.29, 1.82) is 0 Å². The molecule has 3 amide bonds. The second-order valence-electron chi connectivity index (χ2n) is 8.65. The number of methoxy groups -OCH3 is 1. The minimum Gasteiger partial charge on any atom is -0.495 e. The van der Waals surface area contributed by atoms with Gasteiger partial charge in [-0.2, -0.15) is 0 Å². The van der Waals surface area contributed by atoms with Gasteiger partial charge in [0.2, 0.25) is 5.91 Å². The molecule has 1 fully saturated rings. The van der Waals surface area contributed by atoms with Crippen molar-refractivity contribution in [2.45, 2.75) is 57.7 Å². The Morgan fingerprint density at radius 3 is 2.70 bits per heavy atom. The second kappa shape index (κ2) is 9.05. The summed E-state index contributed by atoms with van der Waals surface area (Å²) in [5, 5.41) is 6.26. The molecule has 9 nitrogen and oxygen atoms in total. The van der Waals surface area contributed by atoms with Crippen molar-refractivity contribution in [3.8, 4) is 5.75 Å². The minimum atomic E-state index is -1.08. The zero-order valence-corrected chi connectivity index (χ0v) is 19.7. The van der Waals surface area contributed by atoms with Gasteiger partial charge < -0.3 is 24.8 Å². The maximum Gasteiger partial charge on any atom is 0.276 e. The van der Waals surface area contributed by atoms with Gasteiger partial charge in [0, 0.05) is 17.6 Å². The summed E-state index contributed by atoms with van der Waals surface area (Å²) in [5.74, 6) is -0.724. The van der Waals surface area contributed by atoms with Crippen LogP contribution in [0.1, 0.15) is 60.5 Å². The number of halogens is 1. The summed E-state index contributed by atoms with van der Waals surface area (Å²) in [4.78, 5) is 45.5. The number of aromatic nitrogens is 2. The predicted octanol–water partition coefficient (Wildman–Crippen LogP) is 3.09. The van der Waals surface area contributed by atoms with Crippen molar-refractivity contribution in [2.75, 3.05) is 19.0 Å². The van der Waals surface area contributed by atoms with E-state index in [1.807, 2.05) is 6.92 Å². The van der Waals surface area contributed by atoms with Crippen LogP contribution in [0.15, 0.2) is 24.5 Å². The van der Waals surface area contributed by atoms with Crippen LogP contribution in [0.4, 0.5) is 5.69 Å². The monoisotopic (exact) mass is 473 g/mol. The number of carbonyl (C=O) groups is 3. The molecule has 10 heteroatoms. The number of amides is 3. The molecular formula is C23H28ClN5O4. The summed E-state index contributed by atoms with van der Waals surface area (Å²) in [6.45, 7) is 4.11. The summed E-state index contributed by atoms with van der Waals surface area (Å²) in [6, 6.07) is 4.99. The fourth-order valence-electron chi connectivity index (χ4n) is 4.72. The van der Waals surface area contributed by atoms with Crippen molar-refractivity contribution in [3.05, 3.63) is 40.9 Å². The first-order chi connectivity index (χ1) is 15.8. The molecule has 0 bridgehead atoms. The highest BCUT2D eigenvalue weighted by atomic mass is 35.5. The van der Waals surface area contributed by atoms with Crippen LogP contribution in [0.25, 0.3) is 0 Å². The molecule has 1 aromatic carbocycles. The first kappa shape index (κ1) is 23.1. The number of nitrogens with one attached hydrogen (secondary N) is 2. The summed E-state index contributed by atoms with van der Waals surface area (Å²) < 4.78 is 6.87. The third-order valence-corrected chi connectivity index (χ3v) is 6.72. The smallest absolute Gasteiger partial charge is 0.276 e. The lowest BCUT2D eigenvalue weighted by Gasteiger charge is -2.43. The Hall–Kier alpha value is -3.07. The Balaban J connectivity index is 1.62. The fourth-order valence-corrected chi connectivity index (χ4v) is 4.89. The lowest BCUT2D eigenvalue weighted by molar-refractivity contribution is -0.133. The van der Waals surface area contributed by atoms with Crippen LogP contribution in [0.3, 0.4) is 0 Å². The van der Waals surface area contributed by atoms with Gasteiger partial charge in [0.1, 0.15) is 17.0 Å². The van der Waals surface area contributed by atoms with Crippen LogP contribution in [0.5, 0.6) is 5.75 Å². The molecule has 1 aliphatic carbocycles. The number of likely N-dealkylation sites (N-methyl/N-ethyl adjacent to an activating group) is 1. The highest BCUT2D eigenvalue weighted by molar-refractivity contribution is 6.31. The van der Waals surface area contributed by atoms with Crippen LogP contribution >= 0.6 is 11.6 Å². The average molecular weight is 474 g/mol. The first-order valence-corrected chi connectivity index (χ1v) is 11.5. The molecule has 176 valence electrons. The Kier molecular flexibility index (Phi) is 6.34. The molecule has 2 aromatic rings. The number of hydrogen-bond donors (Lipinski definition) is 2. The number of benzene rings is 1. The maximum atomic E-state index is 13.5. The Morgan fingerprint density at radius 2 is 2.03 bits per heavy atom. The lowest BCUT2D eigenvalue weighted by Crippen LogP contribution is -2.64. The molecule has 4 rings (SSSR count). The zero-order valence-electron chi connectivity index (χ0n) is 19.0. The standard InChI is InChI=1S/C23H28ClN5O4/c1-4-29-21(31)19-18(20(30)27-16-11-14(24)9-10-17(16)33-3)25-13-28(19)12-23(29,2)22(32)26-15-7-5-6-8-15/h9-11,13,15H,4-8,12H2,1-3H3,(H,26,32)(H,27,30). The number of imidazole rings is 1. The normalized spacial score (nSPS) is 20.5. The van der Waals surface area contributed by atoms with Crippen molar-refractivity contribution in [2.24, 2.45) is 0 Å². The number of nitrogens with zero attached hydrogens (tertiary/aromatic N) is 3. The molecule has 0 saturated heterocycles. The molecule has 1 atom stereocenters. The van der Waals surface area contributed by atoms with Crippen LogP contribution in [-0.2, 0) is 11.3 Å². The van der Waals surface area contributed by atoms with Gasteiger partial charge in [-0.1, -0.05) is 24.4 Å². The molecule has 1 aromatic heterocycles. The fraction of sp³-hybridized carbons (Fsp3) is 0.478. The topological polar surface area (TPSA) is 106 Å². The molecule has 1 aliphatic heterocycles. The van der Waals surface area contributed by atoms with Crippen LogP contribution < -0.4 is 15.4 Å². The summed E-state index contributed by atoms with van der Waals surface area (Å²) in [7, 11) is 1.48. The number of fused-ring (bicyclic) bond motifs is 1. The van der Waals surface area contributed by atoms with Gasteiger partial charge >= 0.3 is 0 Å². The molecule has 33 heavy (non-hydrogen) atoms. The Morgan fingerprint density at radius 1 is 1.30 bits per heavy atom. The number of anilines is 1. The molecule has 2 N–H and O–H groups in total. The van der Waals surface area contributed by atoms with Crippen LogP contribution in [0, 0.1) is 0 Å². The number of ether oxygens (including phenoxy) is 1. The highest BCUT2D eigenvalue weighted by Gasteiger charge is 2.48. The van der Waals surface area contributed by atoms with E-state index in [-0.39, 0.29) is 29.9 Å². The molecular weight excluding hydrogens is 446 g/mol. The van der Waals surface area contributed by atoms with E-state index >= 15 is 0 Å². The predicted molar refractivity (Wildman–Crippen MR) is 124 cm³/mol. The van der Waals surface area contributed by atoms with E-state index in [4.69, 9.17) is 16.3 Å². The summed E-state index contributed by atoms with van der Waals surface area (Å²) >= 11 is 6.06. The van der Waals surface area contributed by atoms with E-state index in [1.165, 1.54) is 18.3 Å². The van der Waals surface area contributed by atoms with Crippen LogP contribution in [-0.4, -0.2) is 57.4 Å². The number of rotatable bonds is 6. The Bertz CT molecular complexity index is 1090. The highest BCUT2D eigenvalue weighted by Crippen LogP contribution is 2.31. The van der Waals surface area contributed by atoms with E-state index in [2.05, 4.69) is 15.6 Å². The molecule has 1 unspecified atom stereocenters. The average Bonchev–Trinajstić information content (AvgIpc) is 3.44. The molecule has 0 radical (unpaired) electrons. The van der Waals surface area contributed by atoms with Crippen molar-refractivity contribution in [3.63, 3.8) is 0 Å². The number of carbonyl (C=O) groups excluding carboxylic acids is 3. The van der Waals surface area contributed by atoms with Gasteiger partial charge in [-0.25, -0.2) is 4.98 Å². The van der Waals surface area contributed by atoms with Gasteiger partial charge in [0.15, 0.2) is 5.69 Å². The summed E-state index contributed by atoms with van der Waals surface area (Å²) in [6.07, 6.45) is 5.54. The van der Waals surface area contributed by atoms with Gasteiger partial charge in [0.25, 0.3) is 11.8 Å². The lowest BCUT2D eigenvalue weighted by atomic mass is 9.94. The van der Waals surface area contributed by atoms with Crippen molar-refractivity contribution < 1.29 is 19.1 Å². The van der Waals surface area contributed by atoms with Gasteiger partial charge in [-0.15, -0.1) is 0 Å². The molecule has 2 heterocycles. The van der Waals surface area contributed by atoms with Crippen molar-refractivity contribution >= 4 is 35.0 Å². The second-order valence-corrected chi connectivity index (χ2v) is 9.08. The van der Waals surface area contributed by atoms with E-state index in [1.54, 1.807) is 29.7 Å². The molecule has 0 spiro atoms.